The molecule has 4 rings (SSSR count). The van der Waals surface area contributed by atoms with Crippen molar-refractivity contribution in [1.82, 2.24) is 0 Å². The normalized spacial score (nSPS) is 12.6. The Hall–Kier alpha value is -4.18. The van der Waals surface area contributed by atoms with E-state index in [1.807, 2.05) is 60.7 Å². The van der Waals surface area contributed by atoms with Crippen LogP contribution < -0.4 is 0 Å². The summed E-state index contributed by atoms with van der Waals surface area (Å²) in [5, 5.41) is 20.5. The van der Waals surface area contributed by atoms with Crippen LogP contribution in [-0.4, -0.2) is 21.8 Å². The van der Waals surface area contributed by atoms with Crippen molar-refractivity contribution in [2.24, 2.45) is 0 Å². The molecule has 34 heavy (non-hydrogen) atoms. The van der Waals surface area contributed by atoms with E-state index in [0.717, 1.165) is 11.1 Å². The smallest absolute Gasteiger partial charge is 0.167 e. The van der Waals surface area contributed by atoms with Crippen molar-refractivity contribution >= 4 is 11.6 Å². The van der Waals surface area contributed by atoms with Crippen LogP contribution in [0.4, 0.5) is 0 Å². The molecule has 0 heterocycles. The monoisotopic (exact) mass is 450 g/mol. The van der Waals surface area contributed by atoms with Gasteiger partial charge in [0, 0.05) is 12.8 Å². The summed E-state index contributed by atoms with van der Waals surface area (Å²) < 4.78 is 0. The highest BCUT2D eigenvalue weighted by molar-refractivity contribution is 6.00. The summed E-state index contributed by atoms with van der Waals surface area (Å²) in [6.07, 6.45) is 0.240. The molecule has 0 aliphatic carbocycles. The van der Waals surface area contributed by atoms with Crippen LogP contribution in [0.25, 0.3) is 0 Å². The van der Waals surface area contributed by atoms with E-state index in [1.54, 1.807) is 36.4 Å². The van der Waals surface area contributed by atoms with Crippen LogP contribution in [0.1, 0.15) is 56.5 Å². The van der Waals surface area contributed by atoms with Gasteiger partial charge in [0.2, 0.25) is 0 Å². The number of carbonyl (C=O) groups excluding carboxylic acids is 2. The number of hydrogen-bond donors (Lipinski definition) is 2. The molecule has 4 aromatic carbocycles. The summed E-state index contributed by atoms with van der Waals surface area (Å²) in [4.78, 5) is 26.6. The molecule has 0 spiro atoms. The van der Waals surface area contributed by atoms with Gasteiger partial charge in [-0.3, -0.25) is 9.59 Å². The Morgan fingerprint density at radius 1 is 0.500 bits per heavy atom. The fourth-order valence-corrected chi connectivity index (χ4v) is 4.42. The van der Waals surface area contributed by atoms with Crippen molar-refractivity contribution in [3.05, 3.63) is 131 Å². The Balaban J connectivity index is 1.75. The molecule has 0 saturated carbocycles. The van der Waals surface area contributed by atoms with E-state index in [1.165, 1.54) is 12.1 Å². The molecule has 0 aliphatic heterocycles. The van der Waals surface area contributed by atoms with E-state index in [0.29, 0.717) is 0 Å². The van der Waals surface area contributed by atoms with Gasteiger partial charge < -0.3 is 10.2 Å². The van der Waals surface area contributed by atoms with Gasteiger partial charge in [0.25, 0.3) is 0 Å². The van der Waals surface area contributed by atoms with Crippen LogP contribution in [0.15, 0.2) is 109 Å². The molecule has 4 aromatic rings. The van der Waals surface area contributed by atoms with Gasteiger partial charge in [0.05, 0.1) is 11.1 Å². The summed E-state index contributed by atoms with van der Waals surface area (Å²) in [5.41, 5.74) is 2.40. The van der Waals surface area contributed by atoms with E-state index in [2.05, 4.69) is 0 Å². The lowest BCUT2D eigenvalue weighted by Gasteiger charge is -2.28. The predicted octanol–water partition coefficient (Wildman–Crippen LogP) is 6.51. The zero-order valence-corrected chi connectivity index (χ0v) is 18.7. The molecule has 2 N–H and O–H groups in total. The third-order valence-corrected chi connectivity index (χ3v) is 6.16. The standard InChI is InChI=1S/C30H26O4/c31-27-17-9-7-15-23(27)29(33)19-25(21-11-3-1-4-12-21)26(22-13-5-2-6-14-22)20-30(34)24-16-8-10-18-28(24)32/h1-18,25-26,31-32H,19-20H2/t25-,26-/m1/s1. The summed E-state index contributed by atoms with van der Waals surface area (Å²) in [6.45, 7) is 0. The van der Waals surface area contributed by atoms with Crippen molar-refractivity contribution < 1.29 is 19.8 Å². The second-order valence-electron chi connectivity index (χ2n) is 8.32. The predicted molar refractivity (Wildman–Crippen MR) is 132 cm³/mol. The molecule has 170 valence electrons. The third kappa shape index (κ3) is 5.24. The maximum Gasteiger partial charge on any atom is 0.167 e. The average Bonchev–Trinajstić information content (AvgIpc) is 2.87. The van der Waals surface area contributed by atoms with Gasteiger partial charge in [-0.25, -0.2) is 0 Å². The number of phenols is 2. The molecule has 4 heteroatoms. The zero-order chi connectivity index (χ0) is 23.9. The van der Waals surface area contributed by atoms with E-state index in [4.69, 9.17) is 0 Å². The van der Waals surface area contributed by atoms with Gasteiger partial charge in [0.15, 0.2) is 11.6 Å². The highest BCUT2D eigenvalue weighted by Crippen LogP contribution is 2.40. The number of rotatable bonds is 9. The number of benzene rings is 4. The SMILES string of the molecule is O=C(C[C@H](c1ccccc1)[C@H](CC(=O)c1ccccc1O)c1ccccc1)c1ccccc1O. The Kier molecular flexibility index (Phi) is 7.19. The Morgan fingerprint density at radius 3 is 1.18 bits per heavy atom. The third-order valence-electron chi connectivity index (χ3n) is 6.16. The van der Waals surface area contributed by atoms with E-state index >= 15 is 0 Å². The lowest BCUT2D eigenvalue weighted by molar-refractivity contribution is 0.0933. The first kappa shape index (κ1) is 23.0. The van der Waals surface area contributed by atoms with Gasteiger partial charge in [0.1, 0.15) is 11.5 Å². The minimum Gasteiger partial charge on any atom is -0.507 e. The van der Waals surface area contributed by atoms with Crippen molar-refractivity contribution in [1.29, 1.82) is 0 Å². The minimum atomic E-state index is -0.314. The van der Waals surface area contributed by atoms with Crippen molar-refractivity contribution in [2.45, 2.75) is 24.7 Å². The Bertz CT molecular complexity index is 1160. The van der Waals surface area contributed by atoms with Gasteiger partial charge in [-0.2, -0.15) is 0 Å². The molecule has 0 radical (unpaired) electrons. The summed E-state index contributed by atoms with van der Waals surface area (Å²) in [7, 11) is 0. The number of ketones is 2. The minimum absolute atomic E-state index is 0.0548. The van der Waals surface area contributed by atoms with Crippen molar-refractivity contribution in [3.8, 4) is 11.5 Å². The number of phenolic OH excluding ortho intramolecular Hbond substituents is 2. The van der Waals surface area contributed by atoms with E-state index in [9.17, 15) is 19.8 Å². The quantitative estimate of drug-likeness (QED) is 0.285. The maximum atomic E-state index is 13.3. The maximum absolute atomic E-state index is 13.3. The molecule has 0 unspecified atom stereocenters. The van der Waals surface area contributed by atoms with Crippen LogP contribution in [0.5, 0.6) is 11.5 Å². The second-order valence-corrected chi connectivity index (χ2v) is 8.32. The summed E-state index contributed by atoms with van der Waals surface area (Å²) >= 11 is 0. The van der Waals surface area contributed by atoms with Crippen LogP contribution >= 0.6 is 0 Å². The highest BCUT2D eigenvalue weighted by Gasteiger charge is 2.30. The molecule has 0 bridgehead atoms. The number of hydrogen-bond acceptors (Lipinski definition) is 4. The molecule has 2 atom stereocenters. The van der Waals surface area contributed by atoms with Gasteiger partial charge in [-0.1, -0.05) is 84.9 Å². The summed E-state index contributed by atoms with van der Waals surface area (Å²) in [6, 6.07) is 32.4. The topological polar surface area (TPSA) is 74.6 Å². The Morgan fingerprint density at radius 2 is 0.824 bits per heavy atom. The second kappa shape index (κ2) is 10.6. The molecule has 0 fully saturated rings. The molecule has 0 saturated heterocycles. The Labute approximate surface area is 199 Å². The molecular formula is C30H26O4. The van der Waals surface area contributed by atoms with Crippen molar-refractivity contribution in [3.63, 3.8) is 0 Å². The first-order valence-corrected chi connectivity index (χ1v) is 11.3. The number of carbonyl (C=O) groups is 2. The molecular weight excluding hydrogens is 424 g/mol. The number of para-hydroxylation sites is 2. The zero-order valence-electron chi connectivity index (χ0n) is 18.7. The largest absolute Gasteiger partial charge is 0.507 e. The lowest BCUT2D eigenvalue weighted by Crippen LogP contribution is -2.19. The van der Waals surface area contributed by atoms with Crippen LogP contribution in [0.2, 0.25) is 0 Å². The first-order chi connectivity index (χ1) is 16.5. The number of aromatic hydroxyl groups is 2. The average molecular weight is 451 g/mol. The van der Waals surface area contributed by atoms with Gasteiger partial charge >= 0.3 is 0 Å². The highest BCUT2D eigenvalue weighted by atomic mass is 16.3. The van der Waals surface area contributed by atoms with Crippen LogP contribution in [-0.2, 0) is 0 Å². The fourth-order valence-electron chi connectivity index (χ4n) is 4.42. The van der Waals surface area contributed by atoms with E-state index in [-0.39, 0.29) is 58.9 Å². The lowest BCUT2D eigenvalue weighted by atomic mass is 9.75. The van der Waals surface area contributed by atoms with Crippen LogP contribution in [0.3, 0.4) is 0 Å². The first-order valence-electron chi connectivity index (χ1n) is 11.3. The summed E-state index contributed by atoms with van der Waals surface area (Å²) in [5.74, 6) is -1.12. The van der Waals surface area contributed by atoms with Gasteiger partial charge in [-0.15, -0.1) is 0 Å². The molecule has 0 aromatic heterocycles. The fraction of sp³-hybridized carbons (Fsp3) is 0.133. The molecule has 0 amide bonds. The van der Waals surface area contributed by atoms with Crippen molar-refractivity contribution in [2.75, 3.05) is 0 Å². The van der Waals surface area contributed by atoms with Gasteiger partial charge in [-0.05, 0) is 47.2 Å². The number of Topliss-reactive ketones (excluding diaryl/α,β-unsaturated/α-hetero) is 2. The van der Waals surface area contributed by atoms with Crippen LogP contribution in [0, 0.1) is 0 Å². The molecule has 0 aliphatic rings. The van der Waals surface area contributed by atoms with E-state index < -0.39 is 0 Å². The molecule has 4 nitrogen and oxygen atoms in total.